The maximum atomic E-state index is 5.95. The number of nitrogens with two attached hydrogens (primary N) is 1. The first-order chi connectivity index (χ1) is 8.16. The van der Waals surface area contributed by atoms with Gasteiger partial charge in [0.05, 0.1) is 0 Å². The Hall–Kier alpha value is -1.12. The molecule has 2 atom stereocenters. The van der Waals surface area contributed by atoms with Crippen LogP contribution in [0.5, 0.6) is 0 Å². The van der Waals surface area contributed by atoms with Crippen LogP contribution < -0.4 is 5.73 Å². The van der Waals surface area contributed by atoms with E-state index in [1.165, 1.54) is 17.6 Å². The zero-order valence-corrected chi connectivity index (χ0v) is 10.6. The van der Waals surface area contributed by atoms with Gasteiger partial charge >= 0.3 is 0 Å². The minimum absolute atomic E-state index is 0.310. The molecule has 1 heterocycles. The van der Waals surface area contributed by atoms with Crippen LogP contribution in [0.25, 0.3) is 5.57 Å². The average Bonchev–Trinajstić information content (AvgIpc) is 2.79. The number of nitrogens with zero attached hydrogens (tertiary/aromatic N) is 1. The van der Waals surface area contributed by atoms with Gasteiger partial charge in [0.25, 0.3) is 0 Å². The molecule has 2 heteroatoms. The van der Waals surface area contributed by atoms with Crippen molar-refractivity contribution in [2.24, 2.45) is 11.7 Å². The quantitative estimate of drug-likeness (QED) is 0.860. The van der Waals surface area contributed by atoms with Gasteiger partial charge in [0.1, 0.15) is 0 Å². The van der Waals surface area contributed by atoms with E-state index in [0.29, 0.717) is 12.0 Å². The Labute approximate surface area is 104 Å². The Morgan fingerprint density at radius 2 is 2.18 bits per heavy atom. The summed E-state index contributed by atoms with van der Waals surface area (Å²) in [5, 5.41) is 0. The van der Waals surface area contributed by atoms with Crippen molar-refractivity contribution in [3.8, 4) is 0 Å². The fourth-order valence-electron chi connectivity index (χ4n) is 2.47. The summed E-state index contributed by atoms with van der Waals surface area (Å²) in [7, 11) is 0. The lowest BCUT2D eigenvalue weighted by Crippen LogP contribution is -2.30. The third kappa shape index (κ3) is 3.18. The van der Waals surface area contributed by atoms with Crippen LogP contribution in [-0.4, -0.2) is 30.6 Å². The monoisotopic (exact) mass is 230 g/mol. The van der Waals surface area contributed by atoms with Gasteiger partial charge in [-0.25, -0.2) is 0 Å². The second-order valence-electron chi connectivity index (χ2n) is 5.11. The third-order valence-electron chi connectivity index (χ3n) is 3.65. The van der Waals surface area contributed by atoms with Gasteiger partial charge in [-0.2, -0.15) is 0 Å². The first-order valence-electron chi connectivity index (χ1n) is 6.38. The highest BCUT2D eigenvalue weighted by atomic mass is 15.1. The molecule has 0 spiro atoms. The van der Waals surface area contributed by atoms with Crippen LogP contribution in [0.1, 0.15) is 18.9 Å². The molecule has 1 aliphatic rings. The molecule has 2 unspecified atom stereocenters. The fourth-order valence-corrected chi connectivity index (χ4v) is 2.47. The lowest BCUT2D eigenvalue weighted by atomic mass is 10.0. The number of hydrogen-bond acceptors (Lipinski definition) is 2. The summed E-state index contributed by atoms with van der Waals surface area (Å²) in [4.78, 5) is 2.46. The van der Waals surface area contributed by atoms with Gasteiger partial charge in [0.15, 0.2) is 0 Å². The standard InChI is InChI=1S/C15H22N2/c1-12(14-6-4-3-5-7-14)10-17-9-8-15(11-17)13(2)16/h3-7,13,15H,1,8-11,16H2,2H3. The van der Waals surface area contributed by atoms with Crippen LogP contribution in [0.4, 0.5) is 0 Å². The van der Waals surface area contributed by atoms with Crippen molar-refractivity contribution in [1.82, 2.24) is 4.90 Å². The molecule has 1 aromatic rings. The maximum absolute atomic E-state index is 5.95. The molecule has 0 bridgehead atoms. The molecule has 0 aliphatic carbocycles. The van der Waals surface area contributed by atoms with E-state index in [2.05, 4.69) is 42.7 Å². The molecule has 92 valence electrons. The second-order valence-corrected chi connectivity index (χ2v) is 5.11. The Bertz CT molecular complexity index is 370. The van der Waals surface area contributed by atoms with Crippen LogP contribution in [0, 0.1) is 5.92 Å². The molecule has 2 nitrogen and oxygen atoms in total. The van der Waals surface area contributed by atoms with E-state index in [1.54, 1.807) is 0 Å². The number of likely N-dealkylation sites (tertiary alicyclic amines) is 1. The minimum atomic E-state index is 0.310. The third-order valence-corrected chi connectivity index (χ3v) is 3.65. The topological polar surface area (TPSA) is 29.3 Å². The maximum Gasteiger partial charge on any atom is 0.0233 e. The van der Waals surface area contributed by atoms with Crippen molar-refractivity contribution < 1.29 is 0 Å². The molecular weight excluding hydrogens is 208 g/mol. The summed E-state index contributed by atoms with van der Waals surface area (Å²) in [6, 6.07) is 10.7. The normalized spacial score (nSPS) is 22.6. The van der Waals surface area contributed by atoms with Crippen LogP contribution in [0.15, 0.2) is 36.9 Å². The van der Waals surface area contributed by atoms with Crippen molar-refractivity contribution in [2.45, 2.75) is 19.4 Å². The van der Waals surface area contributed by atoms with Crippen LogP contribution in [0.3, 0.4) is 0 Å². The Morgan fingerprint density at radius 1 is 1.47 bits per heavy atom. The van der Waals surface area contributed by atoms with E-state index in [1.807, 2.05) is 6.07 Å². The molecule has 2 rings (SSSR count). The molecule has 1 fully saturated rings. The predicted octanol–water partition coefficient (Wildman–Crippen LogP) is 2.37. The van der Waals surface area contributed by atoms with E-state index in [9.17, 15) is 0 Å². The van der Waals surface area contributed by atoms with Crippen LogP contribution in [-0.2, 0) is 0 Å². The molecule has 0 radical (unpaired) electrons. The Balaban J connectivity index is 1.89. The van der Waals surface area contributed by atoms with Crippen molar-refractivity contribution in [3.05, 3.63) is 42.5 Å². The van der Waals surface area contributed by atoms with Crippen LogP contribution >= 0.6 is 0 Å². The lowest BCUT2D eigenvalue weighted by molar-refractivity contribution is 0.351. The summed E-state index contributed by atoms with van der Waals surface area (Å²) < 4.78 is 0. The lowest BCUT2D eigenvalue weighted by Gasteiger charge is -2.19. The van der Waals surface area contributed by atoms with Crippen LogP contribution in [0.2, 0.25) is 0 Å². The van der Waals surface area contributed by atoms with Gasteiger partial charge in [-0.3, -0.25) is 4.90 Å². The molecule has 0 saturated carbocycles. The predicted molar refractivity (Wildman–Crippen MR) is 73.7 cm³/mol. The summed E-state index contributed by atoms with van der Waals surface area (Å²) in [6.07, 6.45) is 1.22. The Kier molecular flexibility index (Phi) is 3.97. The first-order valence-corrected chi connectivity index (χ1v) is 6.38. The van der Waals surface area contributed by atoms with Gasteiger partial charge in [0, 0.05) is 19.1 Å². The molecule has 2 N–H and O–H groups in total. The molecule has 0 amide bonds. The molecule has 1 saturated heterocycles. The second kappa shape index (κ2) is 5.48. The van der Waals surface area contributed by atoms with Gasteiger partial charge in [-0.15, -0.1) is 0 Å². The van der Waals surface area contributed by atoms with Crippen molar-refractivity contribution in [2.75, 3.05) is 19.6 Å². The number of benzene rings is 1. The van der Waals surface area contributed by atoms with E-state index in [-0.39, 0.29) is 0 Å². The summed E-state index contributed by atoms with van der Waals surface area (Å²) in [5.41, 5.74) is 8.40. The largest absolute Gasteiger partial charge is 0.328 e. The molecule has 1 aromatic carbocycles. The zero-order valence-electron chi connectivity index (χ0n) is 10.6. The highest BCUT2D eigenvalue weighted by molar-refractivity contribution is 5.64. The highest BCUT2D eigenvalue weighted by Crippen LogP contribution is 2.21. The smallest absolute Gasteiger partial charge is 0.0233 e. The number of hydrogen-bond donors (Lipinski definition) is 1. The molecular formula is C15H22N2. The van der Waals surface area contributed by atoms with E-state index in [0.717, 1.165) is 19.6 Å². The van der Waals surface area contributed by atoms with Gasteiger partial charge in [-0.05, 0) is 36.9 Å². The first kappa shape index (κ1) is 12.3. The van der Waals surface area contributed by atoms with Gasteiger partial charge in [0.2, 0.25) is 0 Å². The van der Waals surface area contributed by atoms with Crippen molar-refractivity contribution in [1.29, 1.82) is 0 Å². The van der Waals surface area contributed by atoms with E-state index >= 15 is 0 Å². The highest BCUT2D eigenvalue weighted by Gasteiger charge is 2.25. The van der Waals surface area contributed by atoms with Gasteiger partial charge < -0.3 is 5.73 Å². The molecule has 1 aliphatic heterocycles. The van der Waals surface area contributed by atoms with Crippen molar-refractivity contribution >= 4 is 5.57 Å². The average molecular weight is 230 g/mol. The van der Waals surface area contributed by atoms with E-state index in [4.69, 9.17) is 5.73 Å². The summed E-state index contributed by atoms with van der Waals surface area (Å²) >= 11 is 0. The van der Waals surface area contributed by atoms with E-state index < -0.39 is 0 Å². The fraction of sp³-hybridized carbons (Fsp3) is 0.467. The summed E-state index contributed by atoms with van der Waals surface area (Å²) in [5.74, 6) is 0.651. The molecule has 0 aromatic heterocycles. The van der Waals surface area contributed by atoms with Gasteiger partial charge in [-0.1, -0.05) is 36.9 Å². The summed E-state index contributed by atoms with van der Waals surface area (Å²) in [6.45, 7) is 9.53. The zero-order chi connectivity index (χ0) is 12.3. The SMILES string of the molecule is C=C(CN1CCC(C(C)N)C1)c1ccccc1. The number of rotatable bonds is 4. The molecule has 17 heavy (non-hydrogen) atoms. The van der Waals surface area contributed by atoms with Crippen molar-refractivity contribution in [3.63, 3.8) is 0 Å². The Morgan fingerprint density at radius 3 is 2.76 bits per heavy atom. The minimum Gasteiger partial charge on any atom is -0.328 e.